The number of aliphatic hydroxyl groups is 10. The predicted octanol–water partition coefficient (Wildman–Crippen LogP) is -1.11. The number of ether oxygens (including phenoxy) is 12. The van der Waals surface area contributed by atoms with E-state index in [9.17, 15) is 122 Å². The molecule has 4 aliphatic heterocycles. The molecule has 4 saturated heterocycles. The first kappa shape index (κ1) is 120. The summed E-state index contributed by atoms with van der Waals surface area (Å²) in [6.45, 7) is -5.35. The van der Waals surface area contributed by atoms with E-state index in [4.69, 9.17) is 112 Å². The third-order valence-corrected chi connectivity index (χ3v) is 26.1. The molecule has 14 unspecified atom stereocenters. The summed E-state index contributed by atoms with van der Waals surface area (Å²) in [6.07, 6.45) is -14.1. The summed E-state index contributed by atoms with van der Waals surface area (Å²) in [6, 6.07) is -3.41. The maximum absolute atomic E-state index is 14.0. The molecule has 21 N–H and O–H groups in total. The number of nitrogens with zero attached hydrogens (tertiary/aromatic N) is 4. The van der Waals surface area contributed by atoms with Crippen molar-refractivity contribution in [2.45, 2.75) is 240 Å². The first-order valence-electron chi connectivity index (χ1n) is 43.7. The van der Waals surface area contributed by atoms with Gasteiger partial charge in [0.2, 0.25) is 17.7 Å². The molecular weight excluding hydrogens is 1940 g/mol. The van der Waals surface area contributed by atoms with Crippen molar-refractivity contribution < 1.29 is 229 Å². The number of phosphoric acid groups is 5. The number of hydrogen-bond acceptors (Lipinski definition) is 46. The zero-order valence-corrected chi connectivity index (χ0v) is 80.7. The van der Waals surface area contributed by atoms with Crippen LogP contribution in [0.4, 0.5) is 5.82 Å². The quantitative estimate of drug-likeness (QED) is 0.0212. The van der Waals surface area contributed by atoms with E-state index in [0.29, 0.717) is 57.8 Å². The van der Waals surface area contributed by atoms with Gasteiger partial charge in [0.25, 0.3) is 0 Å². The lowest BCUT2D eigenvalue weighted by molar-refractivity contribution is -0.270. The van der Waals surface area contributed by atoms with E-state index >= 15 is 0 Å². The maximum Gasteiger partial charge on any atom is 0.474 e. The van der Waals surface area contributed by atoms with Crippen molar-refractivity contribution in [3.8, 4) is 0 Å². The first-order valence-corrected chi connectivity index (χ1v) is 53.3. The van der Waals surface area contributed by atoms with Crippen molar-refractivity contribution in [3.63, 3.8) is 0 Å². The van der Waals surface area contributed by atoms with Crippen LogP contribution >= 0.6 is 46.7 Å². The predicted molar refractivity (Wildman–Crippen MR) is 458 cm³/mol. The number of carbonyl (C=O) groups excluding carboxylic acids is 3. The summed E-state index contributed by atoms with van der Waals surface area (Å²) in [4.78, 5) is 111. The number of aromatic nitrogens is 4. The molecule has 0 aromatic carbocycles. The number of rotatable bonds is 74. The van der Waals surface area contributed by atoms with Crippen LogP contribution in [0, 0.1) is 11.8 Å². The Balaban J connectivity index is 1.04. The minimum absolute atomic E-state index is 0.0466. The molecule has 0 bridgehead atoms. The molecule has 26 atom stereocenters. The molecule has 2 aromatic rings. The minimum atomic E-state index is -5.31. The van der Waals surface area contributed by atoms with Crippen LogP contribution in [0.3, 0.4) is 0 Å². The van der Waals surface area contributed by atoms with Crippen LogP contribution < -0.4 is 21.7 Å². The van der Waals surface area contributed by atoms with Crippen molar-refractivity contribution in [1.82, 2.24) is 35.5 Å². The van der Waals surface area contributed by atoms with Crippen LogP contribution in [0.15, 0.2) is 12.7 Å². The van der Waals surface area contributed by atoms with Gasteiger partial charge in [0.15, 0.2) is 43.9 Å². The van der Waals surface area contributed by atoms with Crippen molar-refractivity contribution in [3.05, 3.63) is 12.7 Å². The second-order valence-corrected chi connectivity index (χ2v) is 40.7. The Bertz CT molecular complexity index is 3920. The Morgan fingerprint density at radius 3 is 1.18 bits per heavy atom. The molecule has 0 spiro atoms. The number of nitrogen functional groups attached to an aromatic ring is 1. The lowest BCUT2D eigenvalue weighted by Gasteiger charge is -2.42. The molecule has 4 fully saturated rings. The third-order valence-electron chi connectivity index (χ3n) is 20.5. The van der Waals surface area contributed by atoms with E-state index in [2.05, 4.69) is 30.9 Å². The lowest BCUT2D eigenvalue weighted by atomic mass is 9.97. The van der Waals surface area contributed by atoms with E-state index < -0.39 is 292 Å². The van der Waals surface area contributed by atoms with E-state index in [1.165, 1.54) is 38.0 Å². The van der Waals surface area contributed by atoms with Gasteiger partial charge in [0.05, 0.1) is 118 Å². The average molecular weight is 2080 g/mol. The molecule has 56 nitrogen and oxygen atoms in total. The van der Waals surface area contributed by atoms with Crippen LogP contribution in [0.1, 0.15) is 130 Å². The fourth-order valence-corrected chi connectivity index (χ4v) is 18.1. The molecule has 2 aromatic heterocycles. The molecule has 786 valence electrons. The van der Waals surface area contributed by atoms with E-state index in [0.717, 1.165) is 6.66 Å². The van der Waals surface area contributed by atoms with Gasteiger partial charge in [-0.05, 0) is 57.8 Å². The number of nitrogens with two attached hydrogens (primary N) is 1. The van der Waals surface area contributed by atoms with Crippen LogP contribution in [-0.2, 0) is 148 Å². The number of imidazole rings is 1. The fourth-order valence-electron chi connectivity index (χ4n) is 13.6. The largest absolute Gasteiger partial charge is 0.474 e. The Hall–Kier alpha value is -3.42. The summed E-state index contributed by atoms with van der Waals surface area (Å²) < 4.78 is 205. The lowest BCUT2D eigenvalue weighted by Crippen LogP contribution is -2.64. The van der Waals surface area contributed by atoms with E-state index in [-0.39, 0.29) is 121 Å². The molecule has 62 heteroatoms. The highest BCUT2D eigenvalue weighted by molar-refractivity contribution is 7.52. The van der Waals surface area contributed by atoms with Crippen LogP contribution in [0.5, 0.6) is 0 Å². The number of phosphoric ester groups is 5. The SMILES string of the molecule is CC(=O)N[C@H]1C(O)[C@@H](O)C(CO)O[C@H]1OCCCCCCOP(=O)(O)OCCCOCC(COCCCOP(=O)(O)OCCCCCCO[C@@H]1OC(CO)[C@H](O)C(O)[C@@H]1NC(C)=O)C(COCCCOP(=O)(O)OCCCCCCO[C@@H]1OC(CO)[C@H](O)C(O)[C@@H]1NC(C)=O)OP(=O)(O)OCOCC(CO)COCOP(=O)(O)O[C@H]1C[C@H](n2cnc3c(N)ncnc32)O[C@@H]1COP(C)(=O)O. The van der Waals surface area contributed by atoms with Crippen molar-refractivity contribution in [2.24, 2.45) is 11.8 Å². The second-order valence-electron chi connectivity index (χ2n) is 31.7. The summed E-state index contributed by atoms with van der Waals surface area (Å²) in [7, 11) is -28.4. The Morgan fingerprint density at radius 1 is 0.437 bits per heavy atom. The van der Waals surface area contributed by atoms with Gasteiger partial charge < -0.3 is 163 Å². The Kier molecular flexibility index (Phi) is 55.5. The van der Waals surface area contributed by atoms with Crippen LogP contribution in [-0.4, -0.2) is 394 Å². The van der Waals surface area contributed by atoms with Gasteiger partial charge in [-0.25, -0.2) is 37.8 Å². The molecule has 0 radical (unpaired) electrons. The van der Waals surface area contributed by atoms with Gasteiger partial charge in [-0.3, -0.25) is 68.8 Å². The standard InChI is InChI=1S/C73H136N8O48P6/c1-47(86)78-59-66(92)63(89)53(34-83)125-71(59)112-23-11-5-8-14-26-115-131(97,98)118-29-17-20-107-39-51(40-108-21-18-30-119-132(99,100)116-27-15-9-6-12-24-113-72-60(79-48(2)87)67(93)64(90)54(35-84)126-72)56(41-109-22-19-31-120-133(101,102)117-28-16-10-7-13-25-114-73-61(80-49(3)88)68(94)65(91)55(36-85)127-73)129-135(105,106)123-46-111-38-50(33-82)37-110-45-122-134(103,104)128-52-32-58(124-57(52)42-121-130(4,95)96)81-44-77-62-69(74)75-43-76-70(62)81/h43-44,50-61,63-68,71-73,82-85,89-94H,5-42,45-46H2,1-4H3,(H,78,86)(H,79,87)(H,80,88)(H,95,96)(H,97,98)(H,99,100)(H,101,102)(H,103,104)(H,105,106)(H2,74,75,76)/t50?,51?,52-,53?,54?,55?,56?,57+,58+,59-,60-,61-,63-,64-,65-,66?,67?,68?,71+,72+,73+/m0/s1. The van der Waals surface area contributed by atoms with Gasteiger partial charge in [-0.1, -0.05) is 38.5 Å². The zero-order chi connectivity index (χ0) is 99.4. The van der Waals surface area contributed by atoms with Crippen molar-refractivity contribution >= 4 is 81.4 Å². The van der Waals surface area contributed by atoms with E-state index in [1.807, 2.05) is 0 Å². The number of hydrogen-bond donors (Lipinski definition) is 20. The molecule has 0 aliphatic carbocycles. The summed E-state index contributed by atoms with van der Waals surface area (Å²) in [5, 5.41) is 109. The molecule has 135 heavy (non-hydrogen) atoms. The van der Waals surface area contributed by atoms with Crippen molar-refractivity contribution in [2.75, 3.05) is 171 Å². The highest BCUT2D eigenvalue weighted by Crippen LogP contribution is 2.51. The number of fused-ring (bicyclic) bond motifs is 1. The topological polar surface area (TPSA) is 795 Å². The molecule has 3 amide bonds. The van der Waals surface area contributed by atoms with Gasteiger partial charge in [0.1, 0.15) is 103 Å². The molecular formula is C73H136N8O48P6. The van der Waals surface area contributed by atoms with Gasteiger partial charge >= 0.3 is 46.7 Å². The number of carbonyl (C=O) groups is 3. The summed E-state index contributed by atoms with van der Waals surface area (Å²) in [5.41, 5.74) is 6.38. The number of nitrogens with one attached hydrogen (secondary N) is 3. The fraction of sp³-hybridized carbons (Fsp3) is 0.890. The minimum Gasteiger partial charge on any atom is -0.396 e. The molecule has 6 heterocycles. The number of amides is 3. The smallest absolute Gasteiger partial charge is 0.396 e. The zero-order valence-electron chi connectivity index (χ0n) is 75.3. The average Bonchev–Trinajstić information content (AvgIpc) is 1.68. The summed E-state index contributed by atoms with van der Waals surface area (Å²) >= 11 is 0. The van der Waals surface area contributed by atoms with Crippen LogP contribution in [0.2, 0.25) is 0 Å². The molecule has 0 saturated carbocycles. The Morgan fingerprint density at radius 2 is 0.807 bits per heavy atom. The monoisotopic (exact) mass is 2080 g/mol. The number of unbranched alkanes of at least 4 members (excludes halogenated alkanes) is 9. The maximum atomic E-state index is 14.0. The summed E-state index contributed by atoms with van der Waals surface area (Å²) in [5.74, 6) is -3.65. The first-order chi connectivity index (χ1) is 64.0. The van der Waals surface area contributed by atoms with Gasteiger partial charge in [-0.15, -0.1) is 0 Å². The highest BCUT2D eigenvalue weighted by atomic mass is 31.2. The molecule has 6 rings (SSSR count). The Labute approximate surface area is 778 Å². The third kappa shape index (κ3) is 45.6. The normalized spacial score (nSPS) is 27.9. The van der Waals surface area contributed by atoms with Crippen molar-refractivity contribution in [1.29, 1.82) is 0 Å². The van der Waals surface area contributed by atoms with Crippen LogP contribution in [0.25, 0.3) is 11.2 Å². The van der Waals surface area contributed by atoms with Gasteiger partial charge in [0, 0.05) is 85.3 Å². The number of aliphatic hydroxyl groups excluding tert-OH is 10. The highest BCUT2D eigenvalue weighted by Gasteiger charge is 2.50. The second kappa shape index (κ2) is 62.3. The van der Waals surface area contributed by atoms with E-state index in [1.54, 1.807) is 0 Å². The molecule has 4 aliphatic rings. The number of anilines is 1. The van der Waals surface area contributed by atoms with Gasteiger partial charge in [-0.2, -0.15) is 0 Å².